The van der Waals surface area contributed by atoms with Gasteiger partial charge in [0.1, 0.15) is 0 Å². The molecule has 150 valence electrons. The zero-order chi connectivity index (χ0) is 19.9. The van der Waals surface area contributed by atoms with E-state index in [0.29, 0.717) is 36.9 Å². The number of hydrogen-bond donors (Lipinski definition) is 0. The SMILES string of the molecule is Cc1cc(C)n(CCc2nnc(CCn3nc(C(F)(F)F)cc3C3CC3)o2)n1. The molecule has 0 spiro atoms. The van der Waals surface area contributed by atoms with Crippen molar-refractivity contribution in [2.45, 2.75) is 64.7 Å². The van der Waals surface area contributed by atoms with Gasteiger partial charge in [-0.15, -0.1) is 10.2 Å². The van der Waals surface area contributed by atoms with Gasteiger partial charge in [0.05, 0.1) is 5.69 Å². The van der Waals surface area contributed by atoms with E-state index in [4.69, 9.17) is 4.42 Å². The summed E-state index contributed by atoms with van der Waals surface area (Å²) in [6.07, 6.45) is -1.75. The molecule has 7 nitrogen and oxygen atoms in total. The van der Waals surface area contributed by atoms with Gasteiger partial charge >= 0.3 is 6.18 Å². The number of alkyl halides is 3. The van der Waals surface area contributed by atoms with E-state index in [0.717, 1.165) is 30.3 Å². The summed E-state index contributed by atoms with van der Waals surface area (Å²) in [7, 11) is 0. The Bertz CT molecular complexity index is 967. The molecule has 0 amide bonds. The maximum Gasteiger partial charge on any atom is 0.435 e. The Balaban J connectivity index is 1.38. The Morgan fingerprint density at radius 3 is 2.18 bits per heavy atom. The number of hydrogen-bond acceptors (Lipinski definition) is 5. The van der Waals surface area contributed by atoms with E-state index >= 15 is 0 Å². The Labute approximate surface area is 159 Å². The first kappa shape index (κ1) is 18.7. The largest absolute Gasteiger partial charge is 0.435 e. The van der Waals surface area contributed by atoms with Crippen molar-refractivity contribution < 1.29 is 17.6 Å². The summed E-state index contributed by atoms with van der Waals surface area (Å²) < 4.78 is 47.8. The molecule has 3 aromatic rings. The third kappa shape index (κ3) is 4.10. The highest BCUT2D eigenvalue weighted by atomic mass is 19.4. The maximum absolute atomic E-state index is 13.0. The molecule has 3 aromatic heterocycles. The lowest BCUT2D eigenvalue weighted by Crippen LogP contribution is -2.10. The molecule has 3 heterocycles. The van der Waals surface area contributed by atoms with Crippen LogP contribution in [0.1, 0.15) is 53.3 Å². The second-order valence-corrected chi connectivity index (χ2v) is 7.19. The highest BCUT2D eigenvalue weighted by molar-refractivity contribution is 5.21. The lowest BCUT2D eigenvalue weighted by atomic mass is 10.2. The lowest BCUT2D eigenvalue weighted by Gasteiger charge is -2.04. The second kappa shape index (κ2) is 7.06. The number of rotatable bonds is 7. The summed E-state index contributed by atoms with van der Waals surface area (Å²) in [4.78, 5) is 0. The van der Waals surface area contributed by atoms with E-state index in [2.05, 4.69) is 20.4 Å². The Hall–Kier alpha value is -2.65. The fraction of sp³-hybridized carbons (Fsp3) is 0.556. The van der Waals surface area contributed by atoms with Gasteiger partial charge in [0.15, 0.2) is 5.69 Å². The molecule has 0 unspecified atom stereocenters. The third-order valence-corrected chi connectivity index (χ3v) is 4.78. The molecular weight excluding hydrogens is 373 g/mol. The van der Waals surface area contributed by atoms with E-state index in [-0.39, 0.29) is 12.5 Å². The van der Waals surface area contributed by atoms with E-state index < -0.39 is 11.9 Å². The van der Waals surface area contributed by atoms with Crippen molar-refractivity contribution in [2.75, 3.05) is 0 Å². The molecule has 1 fully saturated rings. The molecule has 1 saturated carbocycles. The van der Waals surface area contributed by atoms with Gasteiger partial charge in [-0.05, 0) is 38.8 Å². The summed E-state index contributed by atoms with van der Waals surface area (Å²) in [6.45, 7) is 4.82. The van der Waals surface area contributed by atoms with E-state index in [1.165, 1.54) is 4.68 Å². The van der Waals surface area contributed by atoms with Crippen molar-refractivity contribution in [2.24, 2.45) is 0 Å². The zero-order valence-corrected chi connectivity index (χ0v) is 15.7. The van der Waals surface area contributed by atoms with Crippen molar-refractivity contribution in [3.8, 4) is 0 Å². The fourth-order valence-electron chi connectivity index (χ4n) is 3.25. The maximum atomic E-state index is 13.0. The van der Waals surface area contributed by atoms with Gasteiger partial charge in [0.25, 0.3) is 0 Å². The van der Waals surface area contributed by atoms with Gasteiger partial charge in [-0.3, -0.25) is 9.36 Å². The molecule has 1 aliphatic rings. The summed E-state index contributed by atoms with van der Waals surface area (Å²) >= 11 is 0. The summed E-state index contributed by atoms with van der Waals surface area (Å²) in [5.41, 5.74) is 1.80. The third-order valence-electron chi connectivity index (χ3n) is 4.78. The normalized spacial score (nSPS) is 14.8. The van der Waals surface area contributed by atoms with Crippen LogP contribution in [-0.2, 0) is 32.1 Å². The van der Waals surface area contributed by atoms with E-state index in [9.17, 15) is 13.2 Å². The first-order chi connectivity index (χ1) is 13.3. The zero-order valence-electron chi connectivity index (χ0n) is 15.7. The summed E-state index contributed by atoms with van der Waals surface area (Å²) in [6, 6.07) is 3.15. The van der Waals surface area contributed by atoms with Crippen LogP contribution in [-0.4, -0.2) is 29.8 Å². The highest BCUT2D eigenvalue weighted by Gasteiger charge is 2.37. The summed E-state index contributed by atoms with van der Waals surface area (Å²) in [5.74, 6) is 1.05. The quantitative estimate of drug-likeness (QED) is 0.614. The number of aromatic nitrogens is 6. The van der Waals surface area contributed by atoms with Gasteiger partial charge < -0.3 is 4.42 Å². The van der Waals surface area contributed by atoms with Crippen molar-refractivity contribution in [3.05, 3.63) is 46.7 Å². The molecule has 0 atom stereocenters. The molecule has 0 bridgehead atoms. The minimum atomic E-state index is -4.43. The number of nitrogens with zero attached hydrogens (tertiary/aromatic N) is 6. The van der Waals surface area contributed by atoms with Crippen molar-refractivity contribution in [3.63, 3.8) is 0 Å². The molecule has 0 N–H and O–H groups in total. The predicted octanol–water partition coefficient (Wildman–Crippen LogP) is 3.46. The number of aryl methyl sites for hydroxylation is 6. The van der Waals surface area contributed by atoms with Crippen LogP contribution in [0.15, 0.2) is 16.5 Å². The second-order valence-electron chi connectivity index (χ2n) is 7.19. The topological polar surface area (TPSA) is 74.6 Å². The van der Waals surface area contributed by atoms with Crippen LogP contribution in [0, 0.1) is 13.8 Å². The molecule has 4 rings (SSSR count). The molecule has 0 saturated heterocycles. The molecule has 28 heavy (non-hydrogen) atoms. The van der Waals surface area contributed by atoms with Crippen LogP contribution in [0.5, 0.6) is 0 Å². The smallest absolute Gasteiger partial charge is 0.425 e. The average Bonchev–Trinajstić information content (AvgIpc) is 3.06. The Morgan fingerprint density at radius 2 is 1.64 bits per heavy atom. The molecule has 0 aliphatic heterocycles. The average molecular weight is 394 g/mol. The van der Waals surface area contributed by atoms with Crippen LogP contribution >= 0.6 is 0 Å². The Kier molecular flexibility index (Phi) is 4.72. The monoisotopic (exact) mass is 394 g/mol. The predicted molar refractivity (Wildman–Crippen MR) is 92.6 cm³/mol. The lowest BCUT2D eigenvalue weighted by molar-refractivity contribution is -0.141. The van der Waals surface area contributed by atoms with Gasteiger partial charge in [-0.1, -0.05) is 0 Å². The molecular formula is C18H21F3N6O. The molecule has 10 heteroatoms. The first-order valence-electron chi connectivity index (χ1n) is 9.27. The number of halogens is 3. The standard InChI is InChI=1S/C18H21F3N6O/c1-11-9-12(2)26(24-11)7-5-16-22-23-17(28-16)6-8-27-14(13-3-4-13)10-15(25-27)18(19,20)21/h9-10,13H,3-8H2,1-2H3. The minimum absolute atomic E-state index is 0.169. The van der Waals surface area contributed by atoms with Crippen LogP contribution < -0.4 is 0 Å². The van der Waals surface area contributed by atoms with Crippen LogP contribution in [0.3, 0.4) is 0 Å². The van der Waals surface area contributed by atoms with Gasteiger partial charge in [0, 0.05) is 43.2 Å². The highest BCUT2D eigenvalue weighted by Crippen LogP contribution is 2.42. The molecule has 0 radical (unpaired) electrons. The van der Waals surface area contributed by atoms with Crippen LogP contribution in [0.4, 0.5) is 13.2 Å². The first-order valence-corrected chi connectivity index (χ1v) is 9.27. The van der Waals surface area contributed by atoms with Gasteiger partial charge in [-0.25, -0.2) is 0 Å². The van der Waals surface area contributed by atoms with Crippen LogP contribution in [0.2, 0.25) is 0 Å². The van der Waals surface area contributed by atoms with Crippen molar-refractivity contribution in [1.29, 1.82) is 0 Å². The van der Waals surface area contributed by atoms with E-state index in [1.807, 2.05) is 24.6 Å². The molecule has 1 aliphatic carbocycles. The fourth-order valence-corrected chi connectivity index (χ4v) is 3.25. The van der Waals surface area contributed by atoms with Crippen LogP contribution in [0.25, 0.3) is 0 Å². The molecule has 0 aromatic carbocycles. The van der Waals surface area contributed by atoms with E-state index in [1.54, 1.807) is 0 Å². The van der Waals surface area contributed by atoms with Crippen molar-refractivity contribution in [1.82, 2.24) is 29.8 Å². The summed E-state index contributed by atoms with van der Waals surface area (Å²) in [5, 5.41) is 16.2. The Morgan fingerprint density at radius 1 is 1.00 bits per heavy atom. The van der Waals surface area contributed by atoms with Crippen molar-refractivity contribution >= 4 is 0 Å². The van der Waals surface area contributed by atoms with Gasteiger partial charge in [-0.2, -0.15) is 23.4 Å². The minimum Gasteiger partial charge on any atom is -0.425 e. The van der Waals surface area contributed by atoms with Gasteiger partial charge in [0.2, 0.25) is 11.8 Å².